The van der Waals surface area contributed by atoms with E-state index in [0.29, 0.717) is 29.6 Å². The van der Waals surface area contributed by atoms with Crippen LogP contribution in [0.3, 0.4) is 0 Å². The second-order valence-corrected chi connectivity index (χ2v) is 7.62. The van der Waals surface area contributed by atoms with Crippen LogP contribution in [0.5, 0.6) is 5.75 Å². The summed E-state index contributed by atoms with van der Waals surface area (Å²) < 4.78 is 34.4. The lowest BCUT2D eigenvalue weighted by Crippen LogP contribution is -2.12. The van der Waals surface area contributed by atoms with E-state index >= 15 is 0 Å². The zero-order valence-corrected chi connectivity index (χ0v) is 15.7. The van der Waals surface area contributed by atoms with Crippen LogP contribution in [-0.2, 0) is 16.6 Å². The summed E-state index contributed by atoms with van der Waals surface area (Å²) in [5.41, 5.74) is 1.28. The Morgan fingerprint density at radius 2 is 1.88 bits per heavy atom. The van der Waals surface area contributed by atoms with Crippen LogP contribution in [0, 0.1) is 0 Å². The minimum atomic E-state index is -3.70. The average molecular weight is 392 g/mol. The topological polar surface area (TPSA) is 73.2 Å². The van der Waals surface area contributed by atoms with Gasteiger partial charge in [-0.25, -0.2) is 8.42 Å². The highest BCUT2D eigenvalue weighted by atomic mass is 35.5. The molecule has 6 nitrogen and oxygen atoms in total. The van der Waals surface area contributed by atoms with Gasteiger partial charge in [-0.2, -0.15) is 5.10 Å². The van der Waals surface area contributed by atoms with E-state index in [4.69, 9.17) is 16.3 Å². The molecular formula is C18H18ClN3O3S. The Kier molecular flexibility index (Phi) is 5.49. The lowest BCUT2D eigenvalue weighted by atomic mass is 10.2. The van der Waals surface area contributed by atoms with Crippen molar-refractivity contribution in [2.24, 2.45) is 0 Å². The lowest BCUT2D eigenvalue weighted by molar-refractivity contribution is 0.340. The Morgan fingerprint density at radius 1 is 1.15 bits per heavy atom. The number of nitrogens with one attached hydrogen (secondary N) is 1. The van der Waals surface area contributed by atoms with Gasteiger partial charge >= 0.3 is 0 Å². The molecule has 0 radical (unpaired) electrons. The van der Waals surface area contributed by atoms with Crippen LogP contribution in [0.1, 0.15) is 12.5 Å². The van der Waals surface area contributed by atoms with Gasteiger partial charge in [-0.15, -0.1) is 0 Å². The fourth-order valence-electron chi connectivity index (χ4n) is 2.40. The number of hydrogen-bond donors (Lipinski definition) is 1. The van der Waals surface area contributed by atoms with E-state index < -0.39 is 10.0 Å². The smallest absolute Gasteiger partial charge is 0.261 e. The van der Waals surface area contributed by atoms with Crippen molar-refractivity contribution in [3.05, 3.63) is 71.5 Å². The standard InChI is InChI=1S/C18H18ClN3O3S/c1-2-25-16-7-9-17(10-8-16)26(23,24)21-15-11-20-22(13-15)12-14-5-3-4-6-18(14)19/h3-11,13,21H,2,12H2,1H3. The summed E-state index contributed by atoms with van der Waals surface area (Å²) in [4.78, 5) is 0.153. The number of nitrogens with zero attached hydrogens (tertiary/aromatic N) is 2. The van der Waals surface area contributed by atoms with E-state index in [2.05, 4.69) is 9.82 Å². The van der Waals surface area contributed by atoms with Crippen LogP contribution in [0.2, 0.25) is 5.02 Å². The van der Waals surface area contributed by atoms with Gasteiger partial charge in [-0.05, 0) is 42.8 Å². The van der Waals surface area contributed by atoms with E-state index in [0.717, 1.165) is 5.56 Å². The zero-order chi connectivity index (χ0) is 18.6. The average Bonchev–Trinajstić information content (AvgIpc) is 3.04. The second-order valence-electron chi connectivity index (χ2n) is 5.53. The second kappa shape index (κ2) is 7.80. The Bertz CT molecular complexity index is 985. The number of sulfonamides is 1. The highest BCUT2D eigenvalue weighted by Gasteiger charge is 2.15. The highest BCUT2D eigenvalue weighted by molar-refractivity contribution is 7.92. The number of benzene rings is 2. The molecule has 1 aromatic heterocycles. The van der Waals surface area contributed by atoms with Crippen molar-refractivity contribution in [3.63, 3.8) is 0 Å². The first-order valence-corrected chi connectivity index (χ1v) is 9.85. The highest BCUT2D eigenvalue weighted by Crippen LogP contribution is 2.20. The summed E-state index contributed by atoms with van der Waals surface area (Å²) in [5.74, 6) is 0.624. The molecule has 0 fully saturated rings. The molecule has 1 heterocycles. The molecule has 0 aliphatic carbocycles. The van der Waals surface area contributed by atoms with Gasteiger partial charge in [0.05, 0.1) is 29.9 Å². The van der Waals surface area contributed by atoms with Gasteiger partial charge in [-0.3, -0.25) is 9.40 Å². The summed E-state index contributed by atoms with van der Waals surface area (Å²) in [7, 11) is -3.70. The van der Waals surface area contributed by atoms with Crippen LogP contribution in [-0.4, -0.2) is 24.8 Å². The first kappa shape index (κ1) is 18.3. The van der Waals surface area contributed by atoms with Gasteiger partial charge in [0, 0.05) is 11.2 Å². The molecule has 0 amide bonds. The molecule has 0 saturated carbocycles. The molecule has 0 atom stereocenters. The van der Waals surface area contributed by atoms with E-state index in [-0.39, 0.29) is 4.90 Å². The molecule has 3 rings (SSSR count). The SMILES string of the molecule is CCOc1ccc(S(=O)(=O)Nc2cnn(Cc3ccccc3Cl)c2)cc1. The molecule has 0 saturated heterocycles. The van der Waals surface area contributed by atoms with Crippen LogP contribution in [0.25, 0.3) is 0 Å². The van der Waals surface area contributed by atoms with E-state index in [1.165, 1.54) is 18.3 Å². The van der Waals surface area contributed by atoms with Gasteiger partial charge in [-0.1, -0.05) is 29.8 Å². The molecule has 1 N–H and O–H groups in total. The fraction of sp³-hybridized carbons (Fsp3) is 0.167. The van der Waals surface area contributed by atoms with Crippen molar-refractivity contribution in [3.8, 4) is 5.75 Å². The van der Waals surface area contributed by atoms with Gasteiger partial charge < -0.3 is 4.74 Å². The van der Waals surface area contributed by atoms with Crippen LogP contribution in [0.15, 0.2) is 65.8 Å². The normalized spacial score (nSPS) is 11.3. The number of rotatable bonds is 7. The quantitative estimate of drug-likeness (QED) is 0.665. The van der Waals surface area contributed by atoms with Crippen molar-refractivity contribution < 1.29 is 13.2 Å². The Morgan fingerprint density at radius 3 is 2.58 bits per heavy atom. The van der Waals surface area contributed by atoms with Crippen LogP contribution >= 0.6 is 11.6 Å². The van der Waals surface area contributed by atoms with Crippen LogP contribution < -0.4 is 9.46 Å². The predicted molar refractivity (Wildman–Crippen MR) is 101 cm³/mol. The summed E-state index contributed by atoms with van der Waals surface area (Å²) >= 11 is 6.14. The van der Waals surface area contributed by atoms with E-state index in [1.807, 2.05) is 25.1 Å². The number of hydrogen-bond acceptors (Lipinski definition) is 4. The largest absolute Gasteiger partial charge is 0.494 e. The molecule has 0 bridgehead atoms. The third-order valence-corrected chi connectivity index (χ3v) is 5.39. The Labute approximate surface area is 157 Å². The first-order valence-electron chi connectivity index (χ1n) is 7.99. The molecule has 0 unspecified atom stereocenters. The minimum Gasteiger partial charge on any atom is -0.494 e. The fourth-order valence-corrected chi connectivity index (χ4v) is 3.62. The van der Waals surface area contributed by atoms with Gasteiger partial charge in [0.1, 0.15) is 5.75 Å². The van der Waals surface area contributed by atoms with Gasteiger partial charge in [0.15, 0.2) is 0 Å². The predicted octanol–water partition coefficient (Wildman–Crippen LogP) is 3.78. The number of halogens is 1. The number of anilines is 1. The molecule has 0 aliphatic rings. The molecule has 3 aromatic rings. The Hall–Kier alpha value is -2.51. The minimum absolute atomic E-state index is 0.153. The molecular weight excluding hydrogens is 374 g/mol. The molecule has 2 aromatic carbocycles. The van der Waals surface area contributed by atoms with Crippen molar-refractivity contribution in [1.82, 2.24) is 9.78 Å². The molecule has 8 heteroatoms. The van der Waals surface area contributed by atoms with Crippen molar-refractivity contribution >= 4 is 27.3 Å². The number of aromatic nitrogens is 2. The summed E-state index contributed by atoms with van der Waals surface area (Å²) in [6.45, 7) is 2.84. The summed E-state index contributed by atoms with van der Waals surface area (Å²) in [5, 5.41) is 4.82. The van der Waals surface area contributed by atoms with Crippen molar-refractivity contribution in [1.29, 1.82) is 0 Å². The van der Waals surface area contributed by atoms with Gasteiger partial charge in [0.2, 0.25) is 0 Å². The lowest BCUT2D eigenvalue weighted by Gasteiger charge is -2.07. The molecule has 26 heavy (non-hydrogen) atoms. The van der Waals surface area contributed by atoms with Gasteiger partial charge in [0.25, 0.3) is 10.0 Å². The third-order valence-electron chi connectivity index (χ3n) is 3.62. The molecule has 0 spiro atoms. The zero-order valence-electron chi connectivity index (χ0n) is 14.1. The Balaban J connectivity index is 1.72. The summed E-state index contributed by atoms with van der Waals surface area (Å²) in [6.07, 6.45) is 3.08. The molecule has 136 valence electrons. The molecule has 0 aliphatic heterocycles. The monoisotopic (exact) mass is 391 g/mol. The maximum atomic E-state index is 12.5. The number of ether oxygens (including phenoxy) is 1. The van der Waals surface area contributed by atoms with Crippen molar-refractivity contribution in [2.75, 3.05) is 11.3 Å². The maximum Gasteiger partial charge on any atom is 0.261 e. The van der Waals surface area contributed by atoms with Crippen LogP contribution in [0.4, 0.5) is 5.69 Å². The summed E-state index contributed by atoms with van der Waals surface area (Å²) in [6, 6.07) is 13.7. The first-order chi connectivity index (χ1) is 12.5. The van der Waals surface area contributed by atoms with E-state index in [1.54, 1.807) is 29.1 Å². The van der Waals surface area contributed by atoms with E-state index in [9.17, 15) is 8.42 Å². The maximum absolute atomic E-state index is 12.5. The van der Waals surface area contributed by atoms with Crippen molar-refractivity contribution in [2.45, 2.75) is 18.4 Å². The third kappa shape index (κ3) is 4.36.